The molecule has 0 amide bonds. The Morgan fingerprint density at radius 1 is 0.224 bits per heavy atom. The third kappa shape index (κ3) is 98.6. The number of carbonyl (C=O) groups is 3. The van der Waals surface area contributed by atoms with Gasteiger partial charge in [0.25, 0.3) is 0 Å². The summed E-state index contributed by atoms with van der Waals surface area (Å²) in [6.45, 7) is 2.37. The minimum absolute atomic E-state index is 0.0881. The van der Waals surface area contributed by atoms with Gasteiger partial charge in [0.2, 0.25) is 0 Å². The zero-order chi connectivity index (χ0) is 90.7. The summed E-state index contributed by atoms with van der Waals surface area (Å²) in [4.78, 5) is 59.2. The Bertz CT molecular complexity index is 3100. The molecule has 4 N–H and O–H groups in total. The van der Waals surface area contributed by atoms with E-state index < -0.39 is 91.5 Å². The summed E-state index contributed by atoms with van der Waals surface area (Å²) in [5.41, 5.74) is 0. The fraction of sp³-hybridized carbons (Fsp3) is 0.654. The van der Waals surface area contributed by atoms with Crippen LogP contribution in [0.2, 0.25) is 0 Å². The molecule has 18 heteroatoms. The SMILES string of the molecule is CC/C=C\C/C=C\C/C=C\C/C=C\C/C=C\C/C=C\CCCCCCCCCCCCCCCCC(=O)OCC(O)COP(=O)(O)OCC(O)COP(=O)(O)OCC(COC(=O)CCCCCCCCCCCCCCC/C=C\C/C=C\C/C=C\C/C=C\C/C=C\CC)OC(=O)CCCCCCCCCC/C=C\C/C=C\C/C=C\C/C=C\C/C=C\C/C=C\CC. The fourth-order valence-corrected chi connectivity index (χ4v) is 14.7. The summed E-state index contributed by atoms with van der Waals surface area (Å²) in [5.74, 6) is -1.58. The fourth-order valence-electron chi connectivity index (χ4n) is 13.1. The van der Waals surface area contributed by atoms with Gasteiger partial charge < -0.3 is 34.2 Å². The van der Waals surface area contributed by atoms with Gasteiger partial charge in [0.15, 0.2) is 6.10 Å². The standard InChI is InChI=1S/C107H178O16P2/c1-4-7-10-13-16-19-22-25-28-31-34-37-40-43-46-48-49-50-51-53-56-57-60-63-66-69-72-75-78-81-84-87-90-93-105(110)117-96-102(108)97-119-124(113,114)120-98-103(109)99-121-125(115,116)122-101-104(123-107(112)95-92-89-86-83-80-77-74-71-68-65-62-59-54-45-42-39-36-33-30-27-24-21-18-15-12-9-6-3)100-118-106(111)94-91-88-85-82-79-76-73-70-67-64-61-58-55-52-47-44-41-38-35-32-29-26-23-20-17-14-11-8-5-2/h7-12,16-21,25-30,34-39,43-47,49-50,54,62,65,102-104,108-109H,4-6,13-15,22-24,31-33,40-42,48,51-53,55-61,63-64,66-101H2,1-3H3,(H,113,114)(H,115,116)/b10-7-,11-8-,12-9-,19-16-,20-17-,21-18-,28-25-,29-26-,30-27-,37-34-,38-35-,39-36-,46-43-,47-44-,50-49-,54-45-,65-62-. The molecule has 0 radical (unpaired) electrons. The Balaban J connectivity index is 4.64. The molecule has 5 atom stereocenters. The minimum Gasteiger partial charge on any atom is -0.463 e. The minimum atomic E-state index is -4.95. The predicted octanol–water partition coefficient (Wildman–Crippen LogP) is 31.1. The number of rotatable bonds is 92. The van der Waals surface area contributed by atoms with Crippen LogP contribution < -0.4 is 0 Å². The molecule has 0 aliphatic heterocycles. The molecule has 0 aromatic heterocycles. The number of hydrogen-bond acceptors (Lipinski definition) is 14. The number of hydrogen-bond donors (Lipinski definition) is 4. The number of unbranched alkanes of at least 4 members (excludes halogenated alkanes) is 35. The molecular formula is C107H178O16P2. The van der Waals surface area contributed by atoms with Crippen molar-refractivity contribution in [2.45, 2.75) is 411 Å². The van der Waals surface area contributed by atoms with Crippen molar-refractivity contribution in [2.24, 2.45) is 0 Å². The molecule has 0 rings (SSSR count). The number of carbonyl (C=O) groups excluding carboxylic acids is 3. The Kier molecular flexibility index (Phi) is 92.6. The van der Waals surface area contributed by atoms with Gasteiger partial charge in [-0.05, 0) is 167 Å². The predicted molar refractivity (Wildman–Crippen MR) is 527 cm³/mol. The number of aliphatic hydroxyl groups excluding tert-OH is 2. The second-order valence-corrected chi connectivity index (χ2v) is 35.3. The average molecular weight is 1780 g/mol. The van der Waals surface area contributed by atoms with Gasteiger partial charge in [-0.3, -0.25) is 32.5 Å². The smallest absolute Gasteiger partial charge is 0.463 e. The van der Waals surface area contributed by atoms with Crippen molar-refractivity contribution in [2.75, 3.05) is 39.6 Å². The summed E-state index contributed by atoms with van der Waals surface area (Å²) in [7, 11) is -9.83. The van der Waals surface area contributed by atoms with E-state index in [1.807, 2.05) is 0 Å². The van der Waals surface area contributed by atoms with Crippen molar-refractivity contribution in [3.8, 4) is 0 Å². The van der Waals surface area contributed by atoms with Crippen LogP contribution in [-0.4, -0.2) is 95.9 Å². The number of esters is 3. The first-order chi connectivity index (χ1) is 61.2. The topological polar surface area (TPSA) is 231 Å². The second kappa shape index (κ2) is 97.2. The lowest BCUT2D eigenvalue weighted by Gasteiger charge is -2.21. The summed E-state index contributed by atoms with van der Waals surface area (Å²) in [5, 5.41) is 20.8. The Hall–Kier alpha value is -5.87. The largest absolute Gasteiger partial charge is 0.472 e. The molecule has 0 saturated carbocycles. The number of ether oxygens (including phenoxy) is 3. The van der Waals surface area contributed by atoms with Gasteiger partial charge in [-0.2, -0.15) is 0 Å². The van der Waals surface area contributed by atoms with E-state index in [1.165, 1.54) is 116 Å². The highest BCUT2D eigenvalue weighted by Crippen LogP contribution is 2.45. The van der Waals surface area contributed by atoms with E-state index in [1.54, 1.807) is 0 Å². The maximum absolute atomic E-state index is 13.1. The molecule has 0 saturated heterocycles. The van der Waals surface area contributed by atoms with E-state index in [9.17, 15) is 43.5 Å². The van der Waals surface area contributed by atoms with Crippen LogP contribution >= 0.6 is 15.6 Å². The number of allylic oxidation sites excluding steroid dienone is 34. The summed E-state index contributed by atoms with van der Waals surface area (Å²) in [6.07, 6.45) is 132. The normalized spacial score (nSPS) is 14.6. The summed E-state index contributed by atoms with van der Waals surface area (Å²) in [6, 6.07) is 0. The molecule has 0 aliphatic rings. The molecule has 0 fully saturated rings. The maximum atomic E-state index is 13.1. The van der Waals surface area contributed by atoms with E-state index in [0.717, 1.165) is 218 Å². The lowest BCUT2D eigenvalue weighted by atomic mass is 10.0. The molecule has 5 unspecified atom stereocenters. The molecule has 0 bridgehead atoms. The van der Waals surface area contributed by atoms with E-state index >= 15 is 0 Å². The van der Waals surface area contributed by atoms with Crippen LogP contribution in [0.4, 0.5) is 0 Å². The van der Waals surface area contributed by atoms with Crippen LogP contribution in [0.3, 0.4) is 0 Å². The Morgan fingerprint density at radius 3 is 0.632 bits per heavy atom. The highest BCUT2D eigenvalue weighted by atomic mass is 31.2. The summed E-state index contributed by atoms with van der Waals surface area (Å²) < 4.78 is 61.6. The number of phosphoric ester groups is 2. The van der Waals surface area contributed by atoms with Crippen molar-refractivity contribution in [1.29, 1.82) is 0 Å². The molecular weight excluding hydrogens is 1600 g/mol. The maximum Gasteiger partial charge on any atom is 0.472 e. The van der Waals surface area contributed by atoms with Crippen LogP contribution in [0.25, 0.3) is 0 Å². The molecule has 16 nitrogen and oxygen atoms in total. The van der Waals surface area contributed by atoms with E-state index in [-0.39, 0.29) is 19.3 Å². The highest BCUT2D eigenvalue weighted by Gasteiger charge is 2.30. The molecule has 0 aromatic rings. The zero-order valence-corrected chi connectivity index (χ0v) is 80.5. The van der Waals surface area contributed by atoms with Gasteiger partial charge in [0.1, 0.15) is 25.4 Å². The van der Waals surface area contributed by atoms with E-state index in [0.29, 0.717) is 19.3 Å². The van der Waals surface area contributed by atoms with E-state index in [4.69, 9.17) is 32.3 Å². The number of phosphoric acid groups is 2. The van der Waals surface area contributed by atoms with Crippen molar-refractivity contribution in [1.82, 2.24) is 0 Å². The van der Waals surface area contributed by atoms with Gasteiger partial charge in [0, 0.05) is 19.3 Å². The van der Waals surface area contributed by atoms with Crippen LogP contribution in [0.5, 0.6) is 0 Å². The van der Waals surface area contributed by atoms with Crippen molar-refractivity contribution in [3.63, 3.8) is 0 Å². The molecule has 712 valence electrons. The first-order valence-corrected chi connectivity index (χ1v) is 52.4. The number of aliphatic hydroxyl groups is 2. The lowest BCUT2D eigenvalue weighted by molar-refractivity contribution is -0.161. The average Bonchev–Trinajstić information content (AvgIpc) is 0.902. The third-order valence-corrected chi connectivity index (χ3v) is 22.4. The second-order valence-electron chi connectivity index (χ2n) is 32.4. The van der Waals surface area contributed by atoms with Gasteiger partial charge in [0.05, 0.1) is 26.4 Å². The molecule has 0 aliphatic carbocycles. The van der Waals surface area contributed by atoms with Gasteiger partial charge in [-0.15, -0.1) is 0 Å². The zero-order valence-electron chi connectivity index (χ0n) is 78.7. The Labute approximate surface area is 762 Å². The quantitative estimate of drug-likeness (QED) is 0.0146. The van der Waals surface area contributed by atoms with Crippen molar-refractivity contribution in [3.05, 3.63) is 207 Å². The van der Waals surface area contributed by atoms with E-state index in [2.05, 4.69) is 227 Å². The first-order valence-electron chi connectivity index (χ1n) is 49.4. The molecule has 125 heavy (non-hydrogen) atoms. The van der Waals surface area contributed by atoms with Gasteiger partial charge in [-0.1, -0.05) is 414 Å². The van der Waals surface area contributed by atoms with Crippen molar-refractivity contribution >= 4 is 33.6 Å². The summed E-state index contributed by atoms with van der Waals surface area (Å²) >= 11 is 0. The van der Waals surface area contributed by atoms with Crippen LogP contribution in [0.1, 0.15) is 393 Å². The van der Waals surface area contributed by atoms with Crippen molar-refractivity contribution < 1.29 is 75.8 Å². The highest BCUT2D eigenvalue weighted by molar-refractivity contribution is 7.47. The molecule has 0 spiro atoms. The molecule has 0 aromatic carbocycles. The van der Waals surface area contributed by atoms with Gasteiger partial charge >= 0.3 is 33.6 Å². The van der Waals surface area contributed by atoms with Crippen LogP contribution in [0, 0.1) is 0 Å². The lowest BCUT2D eigenvalue weighted by Crippen LogP contribution is -2.30. The molecule has 0 heterocycles. The van der Waals surface area contributed by atoms with Crippen LogP contribution in [0.15, 0.2) is 207 Å². The third-order valence-electron chi connectivity index (χ3n) is 20.5. The first kappa shape index (κ1) is 119. The Morgan fingerprint density at radius 2 is 0.400 bits per heavy atom. The van der Waals surface area contributed by atoms with Crippen LogP contribution in [-0.2, 0) is 55.8 Å². The monoisotopic (exact) mass is 1780 g/mol. The van der Waals surface area contributed by atoms with Gasteiger partial charge in [-0.25, -0.2) is 9.13 Å².